The van der Waals surface area contributed by atoms with E-state index in [-0.39, 0.29) is 16.8 Å². The predicted octanol–water partition coefficient (Wildman–Crippen LogP) is 4.54. The Bertz CT molecular complexity index is 1180. The summed E-state index contributed by atoms with van der Waals surface area (Å²) >= 11 is 0. The minimum atomic E-state index is -0.277. The quantitative estimate of drug-likeness (QED) is 0.575. The minimum Gasteiger partial charge on any atom is -0.339 e. The van der Waals surface area contributed by atoms with Gasteiger partial charge in [-0.1, -0.05) is 30.3 Å². The van der Waals surface area contributed by atoms with Crippen molar-refractivity contribution >= 4 is 18.0 Å². The largest absolute Gasteiger partial charge is 0.339 e. The van der Waals surface area contributed by atoms with Gasteiger partial charge in [0.15, 0.2) is 0 Å². The lowest BCUT2D eigenvalue weighted by Gasteiger charge is -2.26. The molecule has 1 spiro atoms. The van der Waals surface area contributed by atoms with Gasteiger partial charge in [-0.15, -0.1) is 0 Å². The highest BCUT2D eigenvalue weighted by Gasteiger charge is 2.54. The number of nitrogens with zero attached hydrogens (tertiary/aromatic N) is 4. The second-order valence-electron chi connectivity index (χ2n) is 9.10. The topological polar surface area (TPSA) is 49.3 Å². The van der Waals surface area contributed by atoms with Gasteiger partial charge in [0.25, 0.3) is 0 Å². The SMILES string of the molecule is CN(C=O)C1(c2ccc3c(c2)N(c2ncc(-c4ccccc4F)cn2)CC32CC2)CC1. The minimum absolute atomic E-state index is 0.183. The molecule has 2 aliphatic carbocycles. The van der Waals surface area contributed by atoms with Crippen LogP contribution in [0.15, 0.2) is 54.9 Å². The highest BCUT2D eigenvalue weighted by Crippen LogP contribution is 2.59. The number of halogens is 1. The lowest BCUT2D eigenvalue weighted by Crippen LogP contribution is -2.30. The highest BCUT2D eigenvalue weighted by molar-refractivity contribution is 5.73. The molecule has 3 aromatic rings. The molecule has 6 rings (SSSR count). The van der Waals surface area contributed by atoms with Crippen molar-refractivity contribution in [2.45, 2.75) is 36.6 Å². The van der Waals surface area contributed by atoms with Crippen LogP contribution in [0.4, 0.5) is 16.0 Å². The molecule has 3 aliphatic rings. The van der Waals surface area contributed by atoms with Crippen LogP contribution in [0.3, 0.4) is 0 Å². The number of anilines is 2. The van der Waals surface area contributed by atoms with Gasteiger partial charge in [-0.25, -0.2) is 14.4 Å². The first-order valence-electron chi connectivity index (χ1n) is 10.7. The molecule has 156 valence electrons. The summed E-state index contributed by atoms with van der Waals surface area (Å²) in [7, 11) is 1.86. The molecule has 0 radical (unpaired) electrons. The standard InChI is InChI=1S/C25H23FN4O/c1-29(16-31)25(10-11-25)18-6-7-20-22(12-18)30(15-24(20)8-9-24)23-27-13-17(14-28-23)19-4-2-3-5-21(19)26/h2-7,12-14,16H,8-11,15H2,1H3. The van der Waals surface area contributed by atoms with E-state index in [0.29, 0.717) is 17.1 Å². The Morgan fingerprint density at radius 1 is 1.06 bits per heavy atom. The Balaban J connectivity index is 1.38. The highest BCUT2D eigenvalue weighted by atomic mass is 19.1. The first-order valence-corrected chi connectivity index (χ1v) is 10.7. The second kappa shape index (κ2) is 6.36. The summed E-state index contributed by atoms with van der Waals surface area (Å²) < 4.78 is 14.1. The number of carbonyl (C=O) groups is 1. The maximum Gasteiger partial charge on any atom is 0.229 e. The Labute approximate surface area is 180 Å². The number of amides is 1. The molecule has 1 amide bonds. The summed E-state index contributed by atoms with van der Waals surface area (Å²) in [6, 6.07) is 13.3. The molecule has 0 N–H and O–H groups in total. The van der Waals surface area contributed by atoms with Crippen molar-refractivity contribution in [3.05, 3.63) is 71.8 Å². The summed E-state index contributed by atoms with van der Waals surface area (Å²) in [5, 5.41) is 0. The molecule has 0 bridgehead atoms. The molecule has 2 saturated carbocycles. The summed E-state index contributed by atoms with van der Waals surface area (Å²) in [5.74, 6) is 0.358. The van der Waals surface area contributed by atoms with Crippen LogP contribution in [0.1, 0.15) is 36.8 Å². The molecule has 0 atom stereocenters. The zero-order chi connectivity index (χ0) is 21.2. The third-order valence-corrected chi connectivity index (χ3v) is 7.33. The van der Waals surface area contributed by atoms with E-state index in [1.54, 1.807) is 29.4 Å². The van der Waals surface area contributed by atoms with Gasteiger partial charge in [0, 0.05) is 48.2 Å². The molecular weight excluding hydrogens is 391 g/mol. The van der Waals surface area contributed by atoms with Crippen molar-refractivity contribution in [2.24, 2.45) is 0 Å². The normalized spacial score (nSPS) is 19.2. The van der Waals surface area contributed by atoms with E-state index in [2.05, 4.69) is 33.1 Å². The number of rotatable bonds is 5. The molecule has 31 heavy (non-hydrogen) atoms. The van der Waals surface area contributed by atoms with E-state index in [9.17, 15) is 9.18 Å². The van der Waals surface area contributed by atoms with E-state index in [1.165, 1.54) is 30.0 Å². The van der Waals surface area contributed by atoms with Crippen molar-refractivity contribution < 1.29 is 9.18 Å². The molecule has 6 heteroatoms. The van der Waals surface area contributed by atoms with Gasteiger partial charge in [0.05, 0.1) is 5.54 Å². The van der Waals surface area contributed by atoms with Gasteiger partial charge >= 0.3 is 0 Å². The van der Waals surface area contributed by atoms with Crippen molar-refractivity contribution in [3.63, 3.8) is 0 Å². The first-order chi connectivity index (χ1) is 15.1. The van der Waals surface area contributed by atoms with E-state index in [0.717, 1.165) is 31.5 Å². The zero-order valence-electron chi connectivity index (χ0n) is 17.4. The van der Waals surface area contributed by atoms with Crippen LogP contribution in [-0.4, -0.2) is 34.9 Å². The van der Waals surface area contributed by atoms with E-state index in [4.69, 9.17) is 0 Å². The summed E-state index contributed by atoms with van der Waals surface area (Å²) in [6.07, 6.45) is 8.63. The van der Waals surface area contributed by atoms with Gasteiger partial charge in [0.2, 0.25) is 12.4 Å². The molecule has 0 saturated heterocycles. The van der Waals surface area contributed by atoms with Crippen LogP contribution in [-0.2, 0) is 15.7 Å². The van der Waals surface area contributed by atoms with Crippen molar-refractivity contribution in [1.82, 2.24) is 14.9 Å². The predicted molar refractivity (Wildman–Crippen MR) is 117 cm³/mol. The molecular formula is C25H23FN4O. The zero-order valence-corrected chi connectivity index (χ0v) is 17.4. The van der Waals surface area contributed by atoms with Crippen LogP contribution in [0.5, 0.6) is 0 Å². The number of carbonyl (C=O) groups excluding carboxylic acids is 1. The number of fused-ring (bicyclic) bond motifs is 2. The van der Waals surface area contributed by atoms with Crippen molar-refractivity contribution in [1.29, 1.82) is 0 Å². The van der Waals surface area contributed by atoms with E-state index >= 15 is 0 Å². The Morgan fingerprint density at radius 2 is 1.81 bits per heavy atom. The van der Waals surface area contributed by atoms with Gasteiger partial charge in [-0.05, 0) is 48.9 Å². The summed E-state index contributed by atoms with van der Waals surface area (Å²) in [4.78, 5) is 24.6. The van der Waals surface area contributed by atoms with Crippen LogP contribution < -0.4 is 4.90 Å². The molecule has 2 aromatic carbocycles. The summed E-state index contributed by atoms with van der Waals surface area (Å²) in [5.41, 5.74) is 4.84. The number of hydrogen-bond acceptors (Lipinski definition) is 4. The van der Waals surface area contributed by atoms with Crippen molar-refractivity contribution in [2.75, 3.05) is 18.5 Å². The third-order valence-electron chi connectivity index (χ3n) is 7.33. The average molecular weight is 414 g/mol. The monoisotopic (exact) mass is 414 g/mol. The maximum atomic E-state index is 14.1. The molecule has 1 aliphatic heterocycles. The molecule has 2 heterocycles. The van der Waals surface area contributed by atoms with Crippen LogP contribution in [0, 0.1) is 5.82 Å². The average Bonchev–Trinajstić information content (AvgIpc) is 3.72. The Hall–Kier alpha value is -3.28. The molecule has 2 fully saturated rings. The summed E-state index contributed by atoms with van der Waals surface area (Å²) in [6.45, 7) is 0.862. The smallest absolute Gasteiger partial charge is 0.229 e. The first kappa shape index (κ1) is 18.5. The van der Waals surface area contributed by atoms with E-state index < -0.39 is 0 Å². The fourth-order valence-electron chi connectivity index (χ4n) is 5.08. The van der Waals surface area contributed by atoms with Gasteiger partial charge in [-0.2, -0.15) is 0 Å². The lowest BCUT2D eigenvalue weighted by atomic mass is 9.94. The van der Waals surface area contributed by atoms with Crippen LogP contribution in [0.2, 0.25) is 0 Å². The molecule has 1 aromatic heterocycles. The van der Waals surface area contributed by atoms with Gasteiger partial charge in [0.1, 0.15) is 5.82 Å². The lowest BCUT2D eigenvalue weighted by molar-refractivity contribution is -0.119. The van der Waals surface area contributed by atoms with Gasteiger partial charge in [-0.3, -0.25) is 4.79 Å². The third kappa shape index (κ3) is 2.70. The maximum absolute atomic E-state index is 14.1. The van der Waals surface area contributed by atoms with Crippen LogP contribution >= 0.6 is 0 Å². The number of benzene rings is 2. The number of hydrogen-bond donors (Lipinski definition) is 0. The molecule has 0 unspecified atom stereocenters. The number of aromatic nitrogens is 2. The van der Waals surface area contributed by atoms with E-state index in [1.807, 2.05) is 13.1 Å². The van der Waals surface area contributed by atoms with Crippen molar-refractivity contribution in [3.8, 4) is 11.1 Å². The Kier molecular flexibility index (Phi) is 3.79. The fourth-order valence-corrected chi connectivity index (χ4v) is 5.08. The Morgan fingerprint density at radius 3 is 2.45 bits per heavy atom. The van der Waals surface area contributed by atoms with Gasteiger partial charge < -0.3 is 9.80 Å². The molecule has 5 nitrogen and oxygen atoms in total. The fraction of sp³-hybridized carbons (Fsp3) is 0.320. The van der Waals surface area contributed by atoms with Crippen LogP contribution in [0.25, 0.3) is 11.1 Å². The second-order valence-corrected chi connectivity index (χ2v) is 9.10.